The predicted octanol–water partition coefficient (Wildman–Crippen LogP) is 4.44. The number of hydrogen-bond donors (Lipinski definition) is 0. The molecule has 3 rings (SSSR count). The zero-order chi connectivity index (χ0) is 13.2. The van der Waals surface area contributed by atoms with Crippen molar-refractivity contribution < 1.29 is 4.39 Å². The van der Waals surface area contributed by atoms with Gasteiger partial charge in [0.2, 0.25) is 0 Å². The minimum absolute atomic E-state index is 0.275. The van der Waals surface area contributed by atoms with Crippen LogP contribution in [0.3, 0.4) is 0 Å². The Labute approximate surface area is 118 Å². The Bertz CT molecular complexity index is 707. The lowest BCUT2D eigenvalue weighted by Gasteiger charge is -2.08. The zero-order valence-electron chi connectivity index (χ0n) is 9.92. The number of aromatic nitrogens is 2. The fourth-order valence-electron chi connectivity index (χ4n) is 1.99. The van der Waals surface area contributed by atoms with Crippen molar-refractivity contribution in [2.45, 2.75) is 0 Å². The van der Waals surface area contributed by atoms with Crippen molar-refractivity contribution in [2.24, 2.45) is 0 Å². The van der Waals surface area contributed by atoms with Gasteiger partial charge in [-0.05, 0) is 34.1 Å². The molecule has 0 aliphatic rings. The van der Waals surface area contributed by atoms with Gasteiger partial charge in [0.1, 0.15) is 5.82 Å². The molecule has 0 saturated heterocycles. The topological polar surface area (TPSA) is 17.8 Å². The Morgan fingerprint density at radius 2 is 1.79 bits per heavy atom. The maximum Gasteiger partial charge on any atom is 0.125 e. The number of hydrogen-bond acceptors (Lipinski definition) is 1. The van der Waals surface area contributed by atoms with Crippen molar-refractivity contribution in [3.05, 3.63) is 71.1 Å². The molecule has 0 amide bonds. The summed E-state index contributed by atoms with van der Waals surface area (Å²) >= 11 is 3.49. The Morgan fingerprint density at radius 3 is 2.53 bits per heavy atom. The smallest absolute Gasteiger partial charge is 0.125 e. The van der Waals surface area contributed by atoms with Crippen LogP contribution in [0, 0.1) is 5.82 Å². The first-order valence-electron chi connectivity index (χ1n) is 5.80. The molecular weight excluding hydrogens is 307 g/mol. The van der Waals surface area contributed by atoms with E-state index in [-0.39, 0.29) is 5.82 Å². The summed E-state index contributed by atoms with van der Waals surface area (Å²) in [6.45, 7) is 0. The third-order valence-corrected chi connectivity index (χ3v) is 3.40. The van der Waals surface area contributed by atoms with Crippen molar-refractivity contribution in [2.75, 3.05) is 0 Å². The second-order valence-corrected chi connectivity index (χ2v) is 4.95. The highest BCUT2D eigenvalue weighted by Gasteiger charge is 2.12. The molecule has 2 aromatic carbocycles. The van der Waals surface area contributed by atoms with Gasteiger partial charge in [-0.1, -0.05) is 36.4 Å². The molecule has 0 saturated carbocycles. The van der Waals surface area contributed by atoms with Crippen LogP contribution in [0.15, 0.2) is 65.3 Å². The minimum Gasteiger partial charge on any atom is -0.232 e. The average molecular weight is 317 g/mol. The lowest BCUT2D eigenvalue weighted by atomic mass is 10.1. The van der Waals surface area contributed by atoms with E-state index in [4.69, 9.17) is 0 Å². The van der Waals surface area contributed by atoms with Gasteiger partial charge in [0, 0.05) is 5.56 Å². The molecule has 4 heteroatoms. The molecule has 1 heterocycles. The van der Waals surface area contributed by atoms with Gasteiger partial charge in [0.15, 0.2) is 0 Å². The van der Waals surface area contributed by atoms with E-state index in [0.29, 0.717) is 5.69 Å². The number of nitrogens with zero attached hydrogens (tertiary/aromatic N) is 2. The highest BCUT2D eigenvalue weighted by molar-refractivity contribution is 9.10. The van der Waals surface area contributed by atoms with Crippen LogP contribution in [0.4, 0.5) is 4.39 Å². The normalized spacial score (nSPS) is 10.6. The van der Waals surface area contributed by atoms with Gasteiger partial charge in [0.05, 0.1) is 22.1 Å². The van der Waals surface area contributed by atoms with Crippen LogP contribution in [0.1, 0.15) is 0 Å². The fourth-order valence-corrected chi connectivity index (χ4v) is 2.48. The number of benzene rings is 2. The van der Waals surface area contributed by atoms with Crippen LogP contribution in [0.25, 0.3) is 16.9 Å². The van der Waals surface area contributed by atoms with Crippen molar-refractivity contribution in [1.29, 1.82) is 0 Å². The Morgan fingerprint density at radius 1 is 1.00 bits per heavy atom. The molecule has 1 aromatic heterocycles. The van der Waals surface area contributed by atoms with Gasteiger partial charge in [-0.15, -0.1) is 0 Å². The first-order valence-corrected chi connectivity index (χ1v) is 6.60. The van der Waals surface area contributed by atoms with Crippen molar-refractivity contribution in [3.8, 4) is 16.9 Å². The Kier molecular flexibility index (Phi) is 3.17. The molecular formula is C15H10BrFN2. The standard InChI is InChI=1S/C15H10BrFN2/c16-14-10-18-19(13-8-4-7-12(17)9-13)15(14)11-5-2-1-3-6-11/h1-10H. The molecule has 19 heavy (non-hydrogen) atoms. The molecule has 0 N–H and O–H groups in total. The molecule has 0 atom stereocenters. The van der Waals surface area contributed by atoms with Crippen LogP contribution in [0.2, 0.25) is 0 Å². The molecule has 0 spiro atoms. The van der Waals surface area contributed by atoms with E-state index in [9.17, 15) is 4.39 Å². The van der Waals surface area contributed by atoms with E-state index >= 15 is 0 Å². The maximum atomic E-state index is 13.3. The van der Waals surface area contributed by atoms with Crippen LogP contribution in [-0.2, 0) is 0 Å². The first-order chi connectivity index (χ1) is 9.25. The maximum absolute atomic E-state index is 13.3. The largest absolute Gasteiger partial charge is 0.232 e. The molecule has 0 fully saturated rings. The summed E-state index contributed by atoms with van der Waals surface area (Å²) in [5.41, 5.74) is 2.63. The monoisotopic (exact) mass is 316 g/mol. The van der Waals surface area contributed by atoms with Crippen LogP contribution in [0.5, 0.6) is 0 Å². The van der Waals surface area contributed by atoms with Gasteiger partial charge in [0.25, 0.3) is 0 Å². The summed E-state index contributed by atoms with van der Waals surface area (Å²) in [7, 11) is 0. The molecule has 0 aliphatic heterocycles. The Balaban J connectivity index is 2.19. The first kappa shape index (κ1) is 12.1. The lowest BCUT2D eigenvalue weighted by Crippen LogP contribution is -1.99. The van der Waals surface area contributed by atoms with Gasteiger partial charge >= 0.3 is 0 Å². The summed E-state index contributed by atoms with van der Waals surface area (Å²) < 4.78 is 15.9. The fraction of sp³-hybridized carbons (Fsp3) is 0. The molecule has 2 nitrogen and oxygen atoms in total. The highest BCUT2D eigenvalue weighted by atomic mass is 79.9. The van der Waals surface area contributed by atoms with E-state index in [1.165, 1.54) is 12.1 Å². The van der Waals surface area contributed by atoms with Crippen molar-refractivity contribution in [1.82, 2.24) is 9.78 Å². The molecule has 3 aromatic rings. The van der Waals surface area contributed by atoms with E-state index in [2.05, 4.69) is 21.0 Å². The quantitative estimate of drug-likeness (QED) is 0.683. The summed E-state index contributed by atoms with van der Waals surface area (Å²) in [6.07, 6.45) is 1.72. The van der Waals surface area contributed by atoms with Crippen molar-refractivity contribution >= 4 is 15.9 Å². The summed E-state index contributed by atoms with van der Waals surface area (Å²) in [6, 6.07) is 16.3. The highest BCUT2D eigenvalue weighted by Crippen LogP contribution is 2.30. The van der Waals surface area contributed by atoms with Crippen molar-refractivity contribution in [3.63, 3.8) is 0 Å². The molecule has 0 bridgehead atoms. The SMILES string of the molecule is Fc1cccc(-n2ncc(Br)c2-c2ccccc2)c1. The van der Waals surface area contributed by atoms with Crippen LogP contribution in [-0.4, -0.2) is 9.78 Å². The predicted molar refractivity (Wildman–Crippen MR) is 76.7 cm³/mol. The van der Waals surface area contributed by atoms with Gasteiger partial charge in [-0.25, -0.2) is 9.07 Å². The van der Waals surface area contributed by atoms with Gasteiger partial charge in [-0.2, -0.15) is 5.10 Å². The molecule has 0 aliphatic carbocycles. The van der Waals surface area contributed by atoms with E-state index < -0.39 is 0 Å². The Hall–Kier alpha value is -1.94. The summed E-state index contributed by atoms with van der Waals surface area (Å²) in [5, 5.41) is 4.31. The van der Waals surface area contributed by atoms with E-state index in [0.717, 1.165) is 15.7 Å². The summed E-state index contributed by atoms with van der Waals surface area (Å²) in [5.74, 6) is -0.275. The summed E-state index contributed by atoms with van der Waals surface area (Å²) in [4.78, 5) is 0. The molecule has 94 valence electrons. The van der Waals surface area contributed by atoms with Crippen LogP contribution >= 0.6 is 15.9 Å². The van der Waals surface area contributed by atoms with Crippen LogP contribution < -0.4 is 0 Å². The van der Waals surface area contributed by atoms with E-state index in [1.54, 1.807) is 16.9 Å². The average Bonchev–Trinajstić information content (AvgIpc) is 2.82. The number of halogens is 2. The third kappa shape index (κ3) is 2.31. The third-order valence-electron chi connectivity index (χ3n) is 2.82. The van der Waals surface area contributed by atoms with E-state index in [1.807, 2.05) is 36.4 Å². The second-order valence-electron chi connectivity index (χ2n) is 4.10. The number of rotatable bonds is 2. The molecule has 0 radical (unpaired) electrons. The lowest BCUT2D eigenvalue weighted by molar-refractivity contribution is 0.625. The second kappa shape index (κ2) is 4.97. The van der Waals surface area contributed by atoms with Gasteiger partial charge < -0.3 is 0 Å². The molecule has 0 unspecified atom stereocenters. The minimum atomic E-state index is -0.275. The zero-order valence-corrected chi connectivity index (χ0v) is 11.5. The van der Waals surface area contributed by atoms with Gasteiger partial charge in [-0.3, -0.25) is 0 Å².